The minimum Gasteiger partial charge on any atom is -0.352 e. The maximum absolute atomic E-state index is 13.1. The normalized spacial score (nSPS) is 24.9. The lowest BCUT2D eigenvalue weighted by Gasteiger charge is -2.55. The van der Waals surface area contributed by atoms with Crippen molar-refractivity contribution < 1.29 is 4.79 Å². The first-order chi connectivity index (χ1) is 17.9. The Morgan fingerprint density at radius 1 is 1.03 bits per heavy atom. The molecule has 6 rings (SSSR count). The topological polar surface area (TPSA) is 32.3 Å². The van der Waals surface area contributed by atoms with E-state index in [1.165, 1.54) is 60.2 Å². The Kier molecular flexibility index (Phi) is 6.75. The lowest BCUT2D eigenvalue weighted by atomic mass is 9.59. The molecule has 3 atom stereocenters. The molecule has 0 radical (unpaired) electrons. The molecule has 3 aromatic rings. The molecule has 1 N–H and O–H groups in total. The van der Waals surface area contributed by atoms with E-state index in [2.05, 4.69) is 101 Å². The molecule has 3 aliphatic rings. The van der Waals surface area contributed by atoms with Gasteiger partial charge in [0, 0.05) is 29.2 Å². The van der Waals surface area contributed by atoms with Gasteiger partial charge in [-0.1, -0.05) is 72.2 Å². The molecule has 0 aromatic heterocycles. The predicted molar refractivity (Wildman–Crippen MR) is 155 cm³/mol. The number of benzene rings is 3. The van der Waals surface area contributed by atoms with Crippen LogP contribution in [-0.2, 0) is 18.3 Å². The highest BCUT2D eigenvalue weighted by atomic mass is 79.9. The number of nitrogens with one attached hydrogen (secondary N) is 1. The Morgan fingerprint density at radius 2 is 1.73 bits per heavy atom. The van der Waals surface area contributed by atoms with Crippen molar-refractivity contribution in [2.75, 3.05) is 19.6 Å². The van der Waals surface area contributed by atoms with Gasteiger partial charge in [-0.15, -0.1) is 0 Å². The average Bonchev–Trinajstić information content (AvgIpc) is 3.73. The van der Waals surface area contributed by atoms with Crippen LogP contribution >= 0.6 is 15.9 Å². The van der Waals surface area contributed by atoms with Crippen molar-refractivity contribution in [3.63, 3.8) is 0 Å². The molecule has 3 nitrogen and oxygen atoms in total. The van der Waals surface area contributed by atoms with Crippen LogP contribution in [0.5, 0.6) is 0 Å². The van der Waals surface area contributed by atoms with Crippen molar-refractivity contribution >= 4 is 21.8 Å². The number of carbonyl (C=O) groups excluding carboxylic acids is 1. The number of amides is 1. The minimum atomic E-state index is 0.0406. The van der Waals surface area contributed by atoms with E-state index < -0.39 is 0 Å². The number of rotatable bonds is 7. The summed E-state index contributed by atoms with van der Waals surface area (Å²) >= 11 is 3.50. The number of fused-ring (bicyclic) bond motifs is 4. The lowest BCUT2D eigenvalue weighted by molar-refractivity contribution is 0.0284. The lowest BCUT2D eigenvalue weighted by Crippen LogP contribution is -2.58. The average molecular weight is 558 g/mol. The minimum absolute atomic E-state index is 0.0406. The summed E-state index contributed by atoms with van der Waals surface area (Å²) in [5, 5.41) is 3.17. The van der Waals surface area contributed by atoms with E-state index in [4.69, 9.17) is 0 Å². The van der Waals surface area contributed by atoms with Crippen molar-refractivity contribution in [1.29, 1.82) is 0 Å². The van der Waals surface area contributed by atoms with Crippen LogP contribution in [0.1, 0.15) is 60.2 Å². The number of likely N-dealkylation sites (tertiary alicyclic amines) is 1. The molecule has 4 heteroatoms. The molecule has 1 amide bonds. The van der Waals surface area contributed by atoms with Crippen LogP contribution < -0.4 is 5.32 Å². The summed E-state index contributed by atoms with van der Waals surface area (Å²) in [6.07, 6.45) is 5.97. The first-order valence-electron chi connectivity index (χ1n) is 13.9. The fraction of sp³-hybridized carbons (Fsp3) is 0.424. The maximum Gasteiger partial charge on any atom is 0.251 e. The molecule has 37 heavy (non-hydrogen) atoms. The first kappa shape index (κ1) is 24.9. The van der Waals surface area contributed by atoms with Gasteiger partial charge in [0.05, 0.1) is 0 Å². The van der Waals surface area contributed by atoms with E-state index >= 15 is 0 Å². The molecule has 2 aliphatic carbocycles. The number of nitrogens with zero attached hydrogens (tertiary/aromatic N) is 1. The first-order valence-corrected chi connectivity index (χ1v) is 14.7. The standard InChI is InChI=1S/C33H37BrN2O/c1-22-31-20-27-9-10-28(19-30(27)33(22,2)16-18-36(31)21-24-3-4-24)32(37)35-17-15-23-5-7-25(8-6-23)26-11-13-29(34)14-12-26/h5-14,19,22,24,31H,3-4,15-18,20-21H2,1-2H3,(H,35,37)/t22-,31?,33-/m0/s1. The second kappa shape index (κ2) is 10.0. The van der Waals surface area contributed by atoms with Gasteiger partial charge in [-0.2, -0.15) is 0 Å². The maximum atomic E-state index is 13.1. The second-order valence-corrected chi connectivity index (χ2v) is 12.7. The Hall–Kier alpha value is -2.43. The summed E-state index contributed by atoms with van der Waals surface area (Å²) in [7, 11) is 0. The summed E-state index contributed by atoms with van der Waals surface area (Å²) in [5.74, 6) is 1.60. The van der Waals surface area contributed by atoms with Crippen molar-refractivity contribution in [3.05, 3.63) is 93.5 Å². The molecule has 2 bridgehead atoms. The molecular weight excluding hydrogens is 520 g/mol. The van der Waals surface area contributed by atoms with Gasteiger partial charge in [0.1, 0.15) is 0 Å². The van der Waals surface area contributed by atoms with Crippen LogP contribution in [-0.4, -0.2) is 36.5 Å². The Morgan fingerprint density at radius 3 is 2.43 bits per heavy atom. The second-order valence-electron chi connectivity index (χ2n) is 11.7. The number of hydrogen-bond acceptors (Lipinski definition) is 2. The van der Waals surface area contributed by atoms with Crippen LogP contribution in [0.3, 0.4) is 0 Å². The largest absolute Gasteiger partial charge is 0.352 e. The van der Waals surface area contributed by atoms with Crippen molar-refractivity contribution in [2.45, 2.75) is 57.4 Å². The van der Waals surface area contributed by atoms with E-state index in [1.54, 1.807) is 0 Å². The van der Waals surface area contributed by atoms with Gasteiger partial charge in [-0.05, 0) is 108 Å². The zero-order valence-electron chi connectivity index (χ0n) is 22.0. The van der Waals surface area contributed by atoms with Gasteiger partial charge in [0.2, 0.25) is 0 Å². The van der Waals surface area contributed by atoms with E-state index in [-0.39, 0.29) is 11.3 Å². The fourth-order valence-electron chi connectivity index (χ4n) is 6.64. The van der Waals surface area contributed by atoms with Crippen molar-refractivity contribution in [2.24, 2.45) is 11.8 Å². The summed E-state index contributed by atoms with van der Waals surface area (Å²) in [6, 6.07) is 24.2. The Balaban J connectivity index is 1.09. The molecule has 3 aromatic carbocycles. The van der Waals surface area contributed by atoms with Gasteiger partial charge in [-0.25, -0.2) is 0 Å². The molecule has 0 spiro atoms. The van der Waals surface area contributed by atoms with E-state index in [0.717, 1.165) is 28.8 Å². The van der Waals surface area contributed by atoms with Crippen molar-refractivity contribution in [3.8, 4) is 11.1 Å². The zero-order chi connectivity index (χ0) is 25.6. The highest BCUT2D eigenvalue weighted by Crippen LogP contribution is 2.49. The summed E-state index contributed by atoms with van der Waals surface area (Å²) in [4.78, 5) is 15.9. The summed E-state index contributed by atoms with van der Waals surface area (Å²) in [6.45, 7) is 8.00. The zero-order valence-corrected chi connectivity index (χ0v) is 23.6. The monoisotopic (exact) mass is 556 g/mol. The summed E-state index contributed by atoms with van der Waals surface area (Å²) < 4.78 is 1.09. The molecule has 2 fully saturated rings. The van der Waals surface area contributed by atoms with Gasteiger partial charge in [-0.3, -0.25) is 9.69 Å². The Bertz CT molecular complexity index is 1280. The molecular formula is C33H37BrN2O. The quantitative estimate of drug-likeness (QED) is 0.339. The van der Waals surface area contributed by atoms with Crippen LogP contribution in [0.2, 0.25) is 0 Å². The van der Waals surface area contributed by atoms with E-state index in [1.807, 2.05) is 6.07 Å². The molecule has 1 saturated heterocycles. The third-order valence-corrected chi connectivity index (χ3v) is 9.93. The third kappa shape index (κ3) is 5.03. The predicted octanol–water partition coefficient (Wildman–Crippen LogP) is 7.02. The Labute approximate surface area is 229 Å². The molecule has 192 valence electrons. The molecule has 1 aliphatic heterocycles. The third-order valence-electron chi connectivity index (χ3n) is 9.41. The highest BCUT2D eigenvalue weighted by molar-refractivity contribution is 9.10. The highest BCUT2D eigenvalue weighted by Gasteiger charge is 2.49. The fourth-order valence-corrected chi connectivity index (χ4v) is 6.90. The number of halogens is 1. The molecule has 1 unspecified atom stereocenters. The van der Waals surface area contributed by atoms with Crippen LogP contribution in [0.25, 0.3) is 11.1 Å². The van der Waals surface area contributed by atoms with Crippen LogP contribution in [0.4, 0.5) is 0 Å². The van der Waals surface area contributed by atoms with E-state index in [0.29, 0.717) is 18.5 Å². The smallest absolute Gasteiger partial charge is 0.251 e. The SMILES string of the molecule is C[C@H]1C2Cc3ccc(C(=O)NCCc4ccc(-c5ccc(Br)cc5)cc4)cc3[C@@]1(C)CCN2CC1CC1. The van der Waals surface area contributed by atoms with E-state index in [9.17, 15) is 4.79 Å². The van der Waals surface area contributed by atoms with Gasteiger partial charge in [0.25, 0.3) is 5.91 Å². The van der Waals surface area contributed by atoms with Gasteiger partial charge in [0.15, 0.2) is 0 Å². The molecule has 1 saturated carbocycles. The molecule has 1 heterocycles. The van der Waals surface area contributed by atoms with Gasteiger partial charge >= 0.3 is 0 Å². The van der Waals surface area contributed by atoms with Crippen LogP contribution in [0.15, 0.2) is 71.2 Å². The van der Waals surface area contributed by atoms with Crippen molar-refractivity contribution in [1.82, 2.24) is 10.2 Å². The summed E-state index contributed by atoms with van der Waals surface area (Å²) in [5.41, 5.74) is 7.47. The van der Waals surface area contributed by atoms with Crippen LogP contribution in [0, 0.1) is 11.8 Å². The van der Waals surface area contributed by atoms with Gasteiger partial charge < -0.3 is 5.32 Å². The number of piperidine rings is 1. The number of carbonyl (C=O) groups is 1. The number of hydrogen-bond donors (Lipinski definition) is 1.